The van der Waals surface area contributed by atoms with E-state index in [0.717, 1.165) is 6.29 Å². The topological polar surface area (TPSA) is 17.1 Å². The molecule has 24 valence electrons. The maximum absolute atomic E-state index is 9.28. The average Bonchev–Trinajstić information content (AvgIpc) is 1.41. The average molecular weight is 59.1 g/mol. The van der Waals surface area contributed by atoms with Crippen LogP contribution in [0.15, 0.2) is 0 Å². The maximum Gasteiger partial charge on any atom is 0.119 e. The Morgan fingerprint density at radius 3 is 3.25 bits per heavy atom. The van der Waals surface area contributed by atoms with Crippen LogP contribution in [0.1, 0.15) is 14.7 Å². The molecule has 1 nitrogen and oxygen atoms in total. The molecule has 0 heterocycles. The first-order chi connectivity index (χ1) is 2.41. The molecule has 0 aromatic heterocycles. The lowest BCUT2D eigenvalue weighted by molar-refractivity contribution is -0.107. The van der Waals surface area contributed by atoms with Gasteiger partial charge in [-0.05, 0) is 0 Å². The summed E-state index contributed by atoms with van der Waals surface area (Å²) in [7, 11) is 0. The monoisotopic (exact) mass is 59.0 g/mol. The largest absolute Gasteiger partial charge is 0.303 e. The van der Waals surface area contributed by atoms with Crippen LogP contribution in [0.2, 0.25) is 0 Å². The van der Waals surface area contributed by atoms with E-state index in [1.165, 1.54) is 0 Å². The Hall–Kier alpha value is -0.330. The minimum atomic E-state index is 0.226. The highest BCUT2D eigenvalue weighted by Gasteiger charge is 1.52. The molecular weight excluding hydrogens is 52.0 g/mol. The molecule has 1 heteroatoms. The van der Waals surface area contributed by atoms with Crippen molar-refractivity contribution in [1.29, 1.82) is 0 Å². The SMILES string of the molecule is [2H]CCC=O. The van der Waals surface area contributed by atoms with Gasteiger partial charge >= 0.3 is 0 Å². The Morgan fingerprint density at radius 1 is 2.50 bits per heavy atom. The molecule has 0 fully saturated rings. The third kappa shape index (κ3) is 1.67. The molecule has 0 saturated heterocycles. The second kappa shape index (κ2) is 2.67. The Morgan fingerprint density at radius 2 is 3.25 bits per heavy atom. The minimum Gasteiger partial charge on any atom is -0.303 e. The first-order valence-corrected chi connectivity index (χ1v) is 1.14. The van der Waals surface area contributed by atoms with Gasteiger partial charge in [0.05, 0.1) is 0 Å². The number of hydrogen-bond donors (Lipinski definition) is 0. The number of aldehydes is 1. The third-order valence-corrected chi connectivity index (χ3v) is 0.118. The van der Waals surface area contributed by atoms with Crippen molar-refractivity contribution in [1.82, 2.24) is 0 Å². The normalized spacial score (nSPS) is 9.50. The quantitative estimate of drug-likeness (QED) is 0.404. The van der Waals surface area contributed by atoms with Crippen molar-refractivity contribution >= 4 is 6.29 Å². The molecule has 0 amide bonds. The van der Waals surface area contributed by atoms with Crippen LogP contribution in [-0.4, -0.2) is 6.29 Å². The van der Waals surface area contributed by atoms with Gasteiger partial charge in [0.25, 0.3) is 0 Å². The molecule has 0 aliphatic heterocycles. The van der Waals surface area contributed by atoms with Crippen LogP contribution in [0.4, 0.5) is 0 Å². The van der Waals surface area contributed by atoms with E-state index in [-0.39, 0.29) is 6.90 Å². The van der Waals surface area contributed by atoms with Crippen molar-refractivity contribution < 1.29 is 6.17 Å². The van der Waals surface area contributed by atoms with Gasteiger partial charge in [-0.25, -0.2) is 0 Å². The van der Waals surface area contributed by atoms with Crippen molar-refractivity contribution in [2.45, 2.75) is 13.3 Å². The second-order valence-electron chi connectivity index (χ2n) is 0.455. The van der Waals surface area contributed by atoms with Crippen LogP contribution in [0.25, 0.3) is 0 Å². The number of hydrogen-bond acceptors (Lipinski definition) is 1. The van der Waals surface area contributed by atoms with E-state index in [1.54, 1.807) is 0 Å². The van der Waals surface area contributed by atoms with Gasteiger partial charge in [0.2, 0.25) is 0 Å². The van der Waals surface area contributed by atoms with Gasteiger partial charge in [0, 0.05) is 7.79 Å². The summed E-state index contributed by atoms with van der Waals surface area (Å²) in [5, 5.41) is 0. The molecule has 0 atom stereocenters. The van der Waals surface area contributed by atoms with Gasteiger partial charge in [-0.15, -0.1) is 0 Å². The van der Waals surface area contributed by atoms with Crippen molar-refractivity contribution in [2.75, 3.05) is 0 Å². The summed E-state index contributed by atoms with van der Waals surface area (Å²) in [5.41, 5.74) is 0. The molecule has 0 aliphatic rings. The lowest BCUT2D eigenvalue weighted by Crippen LogP contribution is -1.55. The van der Waals surface area contributed by atoms with Gasteiger partial charge in [-0.2, -0.15) is 0 Å². The summed E-state index contributed by atoms with van der Waals surface area (Å²) in [4.78, 5) is 9.28. The fraction of sp³-hybridized carbons (Fsp3) is 0.667. The van der Waals surface area contributed by atoms with Crippen LogP contribution in [0.3, 0.4) is 0 Å². The van der Waals surface area contributed by atoms with Crippen LogP contribution in [-0.2, 0) is 4.79 Å². The van der Waals surface area contributed by atoms with Crippen LogP contribution in [0, 0.1) is 0 Å². The summed E-state index contributed by atoms with van der Waals surface area (Å²) in [6.07, 6.45) is 1.12. The molecule has 0 radical (unpaired) electrons. The number of carbonyl (C=O) groups excluding carboxylic acids is 1. The van der Waals surface area contributed by atoms with E-state index in [1.807, 2.05) is 0 Å². The van der Waals surface area contributed by atoms with E-state index >= 15 is 0 Å². The number of carbonyl (C=O) groups is 1. The maximum atomic E-state index is 9.28. The van der Waals surface area contributed by atoms with Crippen molar-refractivity contribution in [2.24, 2.45) is 0 Å². The smallest absolute Gasteiger partial charge is 0.119 e. The van der Waals surface area contributed by atoms with Crippen molar-refractivity contribution in [3.05, 3.63) is 0 Å². The lowest BCUT2D eigenvalue weighted by Gasteiger charge is -1.51. The molecular formula is C3H6O. The highest BCUT2D eigenvalue weighted by Crippen LogP contribution is 1.53. The first-order valence-electron chi connectivity index (χ1n) is 1.85. The Labute approximate surface area is 27.0 Å². The molecule has 0 spiro atoms. The van der Waals surface area contributed by atoms with Crippen molar-refractivity contribution in [3.8, 4) is 0 Å². The summed E-state index contributed by atoms with van der Waals surface area (Å²) in [6, 6.07) is 0. The first kappa shape index (κ1) is 1.94. The predicted octanol–water partition coefficient (Wildman–Crippen LogP) is 0.595. The molecule has 4 heavy (non-hydrogen) atoms. The van der Waals surface area contributed by atoms with E-state index in [4.69, 9.17) is 1.37 Å². The van der Waals surface area contributed by atoms with E-state index in [2.05, 4.69) is 0 Å². The van der Waals surface area contributed by atoms with Crippen LogP contribution >= 0.6 is 0 Å². The minimum absolute atomic E-state index is 0.226. The molecule has 0 aliphatic carbocycles. The fourth-order valence-corrected chi connectivity index (χ4v) is 0. The molecule has 0 aromatic carbocycles. The molecule has 0 bridgehead atoms. The van der Waals surface area contributed by atoms with Crippen LogP contribution in [0.5, 0.6) is 0 Å². The second-order valence-corrected chi connectivity index (χ2v) is 0.455. The summed E-state index contributed by atoms with van der Waals surface area (Å²) in [5.74, 6) is 0. The van der Waals surface area contributed by atoms with Gasteiger partial charge in [-0.1, -0.05) is 6.90 Å². The zero-order valence-electron chi connectivity index (χ0n) is 3.40. The Kier molecular flexibility index (Phi) is 1.30. The summed E-state index contributed by atoms with van der Waals surface area (Å²) in [6.45, 7) is 0.226. The summed E-state index contributed by atoms with van der Waals surface area (Å²) >= 11 is 0. The van der Waals surface area contributed by atoms with E-state index in [9.17, 15) is 4.79 Å². The van der Waals surface area contributed by atoms with E-state index in [0.29, 0.717) is 6.42 Å². The number of rotatable bonds is 1. The zero-order valence-corrected chi connectivity index (χ0v) is 2.40. The highest BCUT2D eigenvalue weighted by molar-refractivity contribution is 5.48. The van der Waals surface area contributed by atoms with Gasteiger partial charge in [0.15, 0.2) is 0 Å². The molecule has 0 rings (SSSR count). The predicted molar refractivity (Wildman–Crippen MR) is 16.4 cm³/mol. The van der Waals surface area contributed by atoms with Gasteiger partial charge in [0.1, 0.15) is 6.29 Å². The molecule has 0 unspecified atom stereocenters. The van der Waals surface area contributed by atoms with Gasteiger partial charge < -0.3 is 4.79 Å². The molecule has 0 aromatic rings. The Bertz CT molecular complexity index is 28.1. The molecule has 0 saturated carbocycles. The highest BCUT2D eigenvalue weighted by atomic mass is 16.1. The third-order valence-electron chi connectivity index (χ3n) is 0.118. The van der Waals surface area contributed by atoms with Crippen LogP contribution < -0.4 is 0 Å². The summed E-state index contributed by atoms with van der Waals surface area (Å²) < 4.78 is 6.37. The van der Waals surface area contributed by atoms with Gasteiger partial charge in [-0.3, -0.25) is 0 Å². The molecule has 0 N–H and O–H groups in total. The lowest BCUT2D eigenvalue weighted by atomic mass is 10.6. The Balaban J connectivity index is 2.40. The zero-order chi connectivity index (χ0) is 4.12. The fourth-order valence-electron chi connectivity index (χ4n) is 0. The standard InChI is InChI=1S/C3H6O/c1-2-3-4/h3H,2H2,1H3/i1D. The van der Waals surface area contributed by atoms with Crippen molar-refractivity contribution in [3.63, 3.8) is 0 Å². The van der Waals surface area contributed by atoms with E-state index < -0.39 is 0 Å².